The molecule has 1 unspecified atom stereocenters. The van der Waals surface area contributed by atoms with Gasteiger partial charge in [0.25, 0.3) is 0 Å². The number of unbranched alkanes of at least 4 members (excludes halogenated alkanes) is 34. The van der Waals surface area contributed by atoms with Gasteiger partial charge in [-0.15, -0.1) is 0 Å². The van der Waals surface area contributed by atoms with Crippen molar-refractivity contribution in [3.63, 3.8) is 0 Å². The summed E-state index contributed by atoms with van der Waals surface area (Å²) in [6, 6.07) is 0. The Hall–Kier alpha value is -3.67. The quantitative estimate of drug-likeness (QED) is 0.0261. The minimum atomic E-state index is -0.814. The summed E-state index contributed by atoms with van der Waals surface area (Å²) >= 11 is 0. The highest BCUT2D eigenvalue weighted by Gasteiger charge is 2.19. The SMILES string of the molecule is CC/C=C\C/C=C\C/C=C\C/C=C\C/C=C\CCCC(=O)OC(COC(=O)CCCCCCC/C=C\C/C=C\CCCCC)COC(=O)CCCCCCCCCCCCCCCCCCC/C=C\CCCCCCCCCC. The number of hydrogen-bond donors (Lipinski definition) is 0. The molecule has 0 aliphatic heterocycles. The van der Waals surface area contributed by atoms with E-state index in [1.54, 1.807) is 0 Å². The van der Waals surface area contributed by atoms with Crippen LogP contribution in [0.2, 0.25) is 0 Å². The second-order valence-electron chi connectivity index (χ2n) is 22.3. The zero-order valence-electron chi connectivity index (χ0n) is 52.1. The highest BCUT2D eigenvalue weighted by atomic mass is 16.6. The fraction of sp³-hybridized carbons (Fsp3) is 0.740. The van der Waals surface area contributed by atoms with Crippen LogP contribution in [0.3, 0.4) is 0 Å². The molecular weight excluding hydrogens is 973 g/mol. The first-order chi connectivity index (χ1) is 39.0. The van der Waals surface area contributed by atoms with Crippen molar-refractivity contribution < 1.29 is 28.6 Å². The third-order valence-electron chi connectivity index (χ3n) is 14.5. The van der Waals surface area contributed by atoms with Crippen LogP contribution in [0.25, 0.3) is 0 Å². The van der Waals surface area contributed by atoms with Crippen molar-refractivity contribution in [3.05, 3.63) is 97.2 Å². The van der Waals surface area contributed by atoms with E-state index in [9.17, 15) is 14.4 Å². The lowest BCUT2D eigenvalue weighted by Gasteiger charge is -2.18. The average molecular weight is 1100 g/mol. The van der Waals surface area contributed by atoms with Gasteiger partial charge in [-0.25, -0.2) is 0 Å². The van der Waals surface area contributed by atoms with Crippen molar-refractivity contribution in [1.82, 2.24) is 0 Å². The van der Waals surface area contributed by atoms with E-state index >= 15 is 0 Å². The Morgan fingerprint density at radius 3 is 0.848 bits per heavy atom. The van der Waals surface area contributed by atoms with Crippen molar-refractivity contribution in [2.75, 3.05) is 13.2 Å². The molecule has 0 aromatic rings. The van der Waals surface area contributed by atoms with E-state index in [0.29, 0.717) is 19.3 Å². The lowest BCUT2D eigenvalue weighted by atomic mass is 10.0. The van der Waals surface area contributed by atoms with E-state index in [0.717, 1.165) is 103 Å². The molecule has 0 rings (SSSR count). The Labute approximate surface area is 489 Å². The molecule has 0 fully saturated rings. The number of hydrogen-bond acceptors (Lipinski definition) is 6. The van der Waals surface area contributed by atoms with Gasteiger partial charge in [0.05, 0.1) is 0 Å². The maximum absolute atomic E-state index is 12.9. The predicted molar refractivity (Wildman–Crippen MR) is 344 cm³/mol. The summed E-state index contributed by atoms with van der Waals surface area (Å²) in [6.45, 7) is 6.47. The molecule has 0 bridgehead atoms. The fourth-order valence-corrected chi connectivity index (χ4v) is 9.51. The number of ether oxygens (including phenoxy) is 3. The van der Waals surface area contributed by atoms with Gasteiger partial charge in [0.1, 0.15) is 13.2 Å². The van der Waals surface area contributed by atoms with Gasteiger partial charge in [0.15, 0.2) is 6.10 Å². The summed E-state index contributed by atoms with van der Waals surface area (Å²) in [4.78, 5) is 38.3. The molecule has 0 saturated carbocycles. The number of rotatable bonds is 61. The first kappa shape index (κ1) is 75.3. The molecule has 0 aliphatic rings. The van der Waals surface area contributed by atoms with Crippen LogP contribution in [0.15, 0.2) is 97.2 Å². The third-order valence-corrected chi connectivity index (χ3v) is 14.5. The lowest BCUT2D eigenvalue weighted by Crippen LogP contribution is -2.30. The molecule has 79 heavy (non-hydrogen) atoms. The lowest BCUT2D eigenvalue weighted by molar-refractivity contribution is -0.167. The molecule has 0 spiro atoms. The van der Waals surface area contributed by atoms with Crippen LogP contribution in [0.1, 0.15) is 329 Å². The molecule has 6 nitrogen and oxygen atoms in total. The van der Waals surface area contributed by atoms with Crippen molar-refractivity contribution in [2.45, 2.75) is 335 Å². The van der Waals surface area contributed by atoms with Crippen LogP contribution in [0.4, 0.5) is 0 Å². The smallest absolute Gasteiger partial charge is 0.306 e. The summed E-state index contributed by atoms with van der Waals surface area (Å²) in [5.41, 5.74) is 0. The second-order valence-corrected chi connectivity index (χ2v) is 22.3. The van der Waals surface area contributed by atoms with Gasteiger partial charge in [-0.05, 0) is 116 Å². The Morgan fingerprint density at radius 1 is 0.266 bits per heavy atom. The molecule has 0 aromatic heterocycles. The van der Waals surface area contributed by atoms with Gasteiger partial charge < -0.3 is 14.2 Å². The first-order valence-corrected chi connectivity index (χ1v) is 33.7. The highest BCUT2D eigenvalue weighted by molar-refractivity contribution is 5.71. The van der Waals surface area contributed by atoms with E-state index in [-0.39, 0.29) is 37.5 Å². The summed E-state index contributed by atoms with van der Waals surface area (Å²) < 4.78 is 16.9. The molecule has 0 N–H and O–H groups in total. The van der Waals surface area contributed by atoms with E-state index in [4.69, 9.17) is 14.2 Å². The van der Waals surface area contributed by atoms with Crippen LogP contribution in [0, 0.1) is 0 Å². The van der Waals surface area contributed by atoms with E-state index in [1.807, 2.05) is 0 Å². The standard InChI is InChI=1S/C73H126O6/c1-4-7-10-13-16-19-22-25-28-30-31-32-33-34-35-36-37-38-39-40-41-43-45-48-51-54-57-60-63-66-72(75)78-69-70(68-77-71(74)65-62-59-56-53-50-47-44-27-24-21-18-15-12-9-6-3)79-73(76)67-64-61-58-55-52-49-46-42-29-26-23-20-17-14-11-8-5-2/h8,11,17-18,20-21,26-27,29-31,44,46,49,55,58,70H,4-7,9-10,12-16,19,22-25,28,32-43,45,47-48,50-54,56-57,59-69H2,1-3H3/b11-8-,20-17-,21-18-,29-26-,31-30-,44-27-,49-46-,58-55-. The summed E-state index contributed by atoms with van der Waals surface area (Å²) in [6.07, 6.45) is 90.1. The summed E-state index contributed by atoms with van der Waals surface area (Å²) in [5.74, 6) is -0.966. The van der Waals surface area contributed by atoms with Gasteiger partial charge >= 0.3 is 17.9 Å². The summed E-state index contributed by atoms with van der Waals surface area (Å²) in [7, 11) is 0. The van der Waals surface area contributed by atoms with Crippen molar-refractivity contribution in [3.8, 4) is 0 Å². The number of carbonyl (C=O) groups is 3. The maximum Gasteiger partial charge on any atom is 0.306 e. The van der Waals surface area contributed by atoms with Crippen LogP contribution >= 0.6 is 0 Å². The van der Waals surface area contributed by atoms with E-state index < -0.39 is 6.10 Å². The number of esters is 3. The topological polar surface area (TPSA) is 78.9 Å². The Bertz CT molecular complexity index is 1540. The normalized spacial score (nSPS) is 12.7. The third kappa shape index (κ3) is 65.0. The molecule has 6 heteroatoms. The van der Waals surface area contributed by atoms with Crippen molar-refractivity contribution in [1.29, 1.82) is 0 Å². The van der Waals surface area contributed by atoms with Gasteiger partial charge in [-0.2, -0.15) is 0 Å². The molecule has 0 saturated heterocycles. The predicted octanol–water partition coefficient (Wildman–Crippen LogP) is 23.2. The molecule has 0 amide bonds. The molecule has 0 aromatic carbocycles. The maximum atomic E-state index is 12.9. The van der Waals surface area contributed by atoms with Gasteiger partial charge in [0.2, 0.25) is 0 Å². The van der Waals surface area contributed by atoms with Gasteiger partial charge in [0, 0.05) is 19.3 Å². The molecule has 454 valence electrons. The summed E-state index contributed by atoms with van der Waals surface area (Å²) in [5, 5.41) is 0. The number of allylic oxidation sites excluding steroid dienone is 16. The Balaban J connectivity index is 4.30. The van der Waals surface area contributed by atoms with Crippen LogP contribution < -0.4 is 0 Å². The van der Waals surface area contributed by atoms with Crippen molar-refractivity contribution in [2.24, 2.45) is 0 Å². The zero-order chi connectivity index (χ0) is 57.1. The van der Waals surface area contributed by atoms with Crippen LogP contribution in [-0.2, 0) is 28.6 Å². The van der Waals surface area contributed by atoms with Crippen molar-refractivity contribution >= 4 is 17.9 Å². The number of carbonyl (C=O) groups excluding carboxylic acids is 3. The Kier molecular flexibility index (Phi) is 63.7. The van der Waals surface area contributed by atoms with E-state index in [1.165, 1.54) is 180 Å². The van der Waals surface area contributed by atoms with Crippen LogP contribution in [-0.4, -0.2) is 37.2 Å². The average Bonchev–Trinajstić information content (AvgIpc) is 3.45. The zero-order valence-corrected chi connectivity index (χ0v) is 52.1. The van der Waals surface area contributed by atoms with Gasteiger partial charge in [-0.3, -0.25) is 14.4 Å². The van der Waals surface area contributed by atoms with E-state index in [2.05, 4.69) is 118 Å². The largest absolute Gasteiger partial charge is 0.462 e. The molecule has 1 atom stereocenters. The van der Waals surface area contributed by atoms with Gasteiger partial charge in [-0.1, -0.05) is 291 Å². The minimum Gasteiger partial charge on any atom is -0.462 e. The fourth-order valence-electron chi connectivity index (χ4n) is 9.51. The molecule has 0 aliphatic carbocycles. The first-order valence-electron chi connectivity index (χ1n) is 33.7. The van der Waals surface area contributed by atoms with Crippen LogP contribution in [0.5, 0.6) is 0 Å². The molecule has 0 heterocycles. The monoisotopic (exact) mass is 1100 g/mol. The molecular formula is C73H126O6. The minimum absolute atomic E-state index is 0.103. The Morgan fingerprint density at radius 2 is 0.506 bits per heavy atom. The highest BCUT2D eigenvalue weighted by Crippen LogP contribution is 2.17. The molecule has 0 radical (unpaired) electrons. The second kappa shape index (κ2) is 66.8.